The molecule has 1 heterocycles. The molecular weight excluding hydrogens is 380 g/mol. The summed E-state index contributed by atoms with van der Waals surface area (Å²) in [5, 5.41) is 11.0. The smallest absolute Gasteiger partial charge is 0.340 e. The van der Waals surface area contributed by atoms with E-state index in [1.807, 2.05) is 67.4 Å². The number of aryl methyl sites for hydroxylation is 1. The van der Waals surface area contributed by atoms with Gasteiger partial charge in [-0.2, -0.15) is 0 Å². The van der Waals surface area contributed by atoms with E-state index in [9.17, 15) is 9.90 Å². The summed E-state index contributed by atoms with van der Waals surface area (Å²) in [6.45, 7) is 4.33. The SMILES string of the molecule is CCOC(=O)c1c(CN(C)C(CO)c2ccc(OC)cc2)nc2ccccc2c1C. The highest BCUT2D eigenvalue weighted by Gasteiger charge is 2.24. The van der Waals surface area contributed by atoms with Crippen molar-refractivity contribution in [2.24, 2.45) is 0 Å². The van der Waals surface area contributed by atoms with E-state index in [-0.39, 0.29) is 18.6 Å². The Morgan fingerprint density at radius 1 is 1.17 bits per heavy atom. The van der Waals surface area contributed by atoms with E-state index < -0.39 is 0 Å². The van der Waals surface area contributed by atoms with Crippen LogP contribution in [0.3, 0.4) is 0 Å². The van der Waals surface area contributed by atoms with Gasteiger partial charge < -0.3 is 14.6 Å². The molecular formula is C24H28N2O4. The van der Waals surface area contributed by atoms with Crippen molar-refractivity contribution >= 4 is 16.9 Å². The molecule has 6 heteroatoms. The maximum Gasteiger partial charge on any atom is 0.340 e. The number of hydrogen-bond donors (Lipinski definition) is 1. The van der Waals surface area contributed by atoms with Crippen LogP contribution < -0.4 is 4.74 Å². The molecule has 0 spiro atoms. The molecule has 1 atom stereocenters. The number of fused-ring (bicyclic) bond motifs is 1. The van der Waals surface area contributed by atoms with Crippen LogP contribution in [0.5, 0.6) is 5.75 Å². The Morgan fingerprint density at radius 3 is 2.50 bits per heavy atom. The molecule has 158 valence electrons. The standard InChI is InChI=1S/C24H28N2O4/c1-5-30-24(28)23-16(2)19-8-6-7-9-20(19)25-21(23)14-26(3)22(15-27)17-10-12-18(29-4)13-11-17/h6-13,22,27H,5,14-15H2,1-4H3. The third kappa shape index (κ3) is 4.45. The molecule has 1 N–H and O–H groups in total. The summed E-state index contributed by atoms with van der Waals surface area (Å²) in [5.41, 5.74) is 3.77. The lowest BCUT2D eigenvalue weighted by molar-refractivity contribution is 0.0521. The van der Waals surface area contributed by atoms with E-state index in [0.29, 0.717) is 24.4 Å². The normalized spacial score (nSPS) is 12.2. The van der Waals surface area contributed by atoms with E-state index >= 15 is 0 Å². The molecule has 2 aromatic carbocycles. The lowest BCUT2D eigenvalue weighted by Gasteiger charge is -2.27. The van der Waals surface area contributed by atoms with Gasteiger partial charge >= 0.3 is 5.97 Å². The average molecular weight is 408 g/mol. The van der Waals surface area contributed by atoms with E-state index in [1.54, 1.807) is 14.0 Å². The molecule has 0 saturated carbocycles. The number of rotatable bonds is 8. The van der Waals surface area contributed by atoms with Crippen molar-refractivity contribution in [3.63, 3.8) is 0 Å². The van der Waals surface area contributed by atoms with Crippen LogP contribution >= 0.6 is 0 Å². The number of aromatic nitrogens is 1. The summed E-state index contributed by atoms with van der Waals surface area (Å²) < 4.78 is 10.5. The first-order valence-corrected chi connectivity index (χ1v) is 10.0. The molecule has 0 aliphatic rings. The Kier molecular flexibility index (Phi) is 7.03. The van der Waals surface area contributed by atoms with Gasteiger partial charge in [-0.1, -0.05) is 30.3 Å². The van der Waals surface area contributed by atoms with Crippen LogP contribution in [0.2, 0.25) is 0 Å². The second-order valence-electron chi connectivity index (χ2n) is 7.18. The van der Waals surface area contributed by atoms with Crippen LogP contribution in [-0.2, 0) is 11.3 Å². The highest BCUT2D eigenvalue weighted by molar-refractivity contribution is 5.98. The van der Waals surface area contributed by atoms with Gasteiger partial charge in [0, 0.05) is 11.9 Å². The number of carbonyl (C=O) groups excluding carboxylic acids is 1. The van der Waals surface area contributed by atoms with Crippen molar-refractivity contribution in [2.45, 2.75) is 26.4 Å². The van der Waals surface area contributed by atoms with Crippen LogP contribution in [0.4, 0.5) is 0 Å². The number of aliphatic hydroxyl groups excluding tert-OH is 1. The van der Waals surface area contributed by atoms with E-state index in [4.69, 9.17) is 14.5 Å². The molecule has 3 rings (SSSR count). The number of pyridine rings is 1. The molecule has 30 heavy (non-hydrogen) atoms. The van der Waals surface area contributed by atoms with Crippen LogP contribution in [0.25, 0.3) is 10.9 Å². The topological polar surface area (TPSA) is 71.9 Å². The minimum atomic E-state index is -0.373. The lowest BCUT2D eigenvalue weighted by atomic mass is 10.00. The fourth-order valence-corrected chi connectivity index (χ4v) is 3.70. The van der Waals surface area contributed by atoms with Crippen molar-refractivity contribution in [1.82, 2.24) is 9.88 Å². The summed E-state index contributed by atoms with van der Waals surface area (Å²) in [6.07, 6.45) is 0. The van der Waals surface area contributed by atoms with Crippen molar-refractivity contribution in [3.8, 4) is 5.75 Å². The Hall–Kier alpha value is -2.96. The number of esters is 1. The van der Waals surface area contributed by atoms with Gasteiger partial charge in [0.05, 0.1) is 43.1 Å². The number of benzene rings is 2. The molecule has 0 fully saturated rings. The van der Waals surface area contributed by atoms with Gasteiger partial charge in [-0.05, 0) is 50.2 Å². The minimum absolute atomic E-state index is 0.0653. The largest absolute Gasteiger partial charge is 0.497 e. The monoisotopic (exact) mass is 408 g/mol. The fourth-order valence-electron chi connectivity index (χ4n) is 3.70. The van der Waals surface area contributed by atoms with Gasteiger partial charge in [0.2, 0.25) is 0 Å². The number of likely N-dealkylation sites (N-methyl/N-ethyl adjacent to an activating group) is 1. The molecule has 1 aromatic heterocycles. The van der Waals surface area contributed by atoms with Crippen LogP contribution in [0.1, 0.15) is 40.1 Å². The summed E-state index contributed by atoms with van der Waals surface area (Å²) >= 11 is 0. The van der Waals surface area contributed by atoms with Crippen LogP contribution in [0.15, 0.2) is 48.5 Å². The first kappa shape index (κ1) is 21.7. The van der Waals surface area contributed by atoms with Crippen LogP contribution in [-0.4, -0.2) is 48.3 Å². The number of nitrogens with zero attached hydrogens (tertiary/aromatic N) is 2. The third-order valence-corrected chi connectivity index (χ3v) is 5.31. The Balaban J connectivity index is 1.99. The predicted octanol–water partition coefficient (Wildman–Crippen LogP) is 3.89. The van der Waals surface area contributed by atoms with Gasteiger partial charge in [0.1, 0.15) is 5.75 Å². The number of aliphatic hydroxyl groups is 1. The minimum Gasteiger partial charge on any atom is -0.497 e. The second-order valence-corrected chi connectivity index (χ2v) is 7.18. The Morgan fingerprint density at radius 2 is 1.87 bits per heavy atom. The molecule has 0 aliphatic carbocycles. The van der Waals surface area contributed by atoms with Gasteiger partial charge in [-0.15, -0.1) is 0 Å². The van der Waals surface area contributed by atoms with Crippen LogP contribution in [0, 0.1) is 6.92 Å². The molecule has 0 bridgehead atoms. The van der Waals surface area contributed by atoms with Gasteiger partial charge in [0.15, 0.2) is 0 Å². The quantitative estimate of drug-likeness (QED) is 0.570. The number of para-hydroxylation sites is 1. The van der Waals surface area contributed by atoms with Gasteiger partial charge in [0.25, 0.3) is 0 Å². The summed E-state index contributed by atoms with van der Waals surface area (Å²) in [7, 11) is 3.53. The predicted molar refractivity (Wildman–Crippen MR) is 117 cm³/mol. The Labute approximate surface area is 177 Å². The zero-order valence-corrected chi connectivity index (χ0v) is 17.9. The van der Waals surface area contributed by atoms with Crippen molar-refractivity contribution in [1.29, 1.82) is 0 Å². The molecule has 0 radical (unpaired) electrons. The van der Waals surface area contributed by atoms with Crippen molar-refractivity contribution < 1.29 is 19.4 Å². The first-order valence-electron chi connectivity index (χ1n) is 10.0. The summed E-state index contributed by atoms with van der Waals surface area (Å²) in [4.78, 5) is 19.5. The highest BCUT2D eigenvalue weighted by atomic mass is 16.5. The third-order valence-electron chi connectivity index (χ3n) is 5.31. The number of ether oxygens (including phenoxy) is 2. The van der Waals surface area contributed by atoms with Gasteiger partial charge in [-0.3, -0.25) is 9.88 Å². The van der Waals surface area contributed by atoms with Crippen molar-refractivity contribution in [3.05, 3.63) is 70.9 Å². The van der Waals surface area contributed by atoms with E-state index in [1.165, 1.54) is 0 Å². The highest BCUT2D eigenvalue weighted by Crippen LogP contribution is 2.27. The number of carbonyl (C=O) groups is 1. The fraction of sp³-hybridized carbons (Fsp3) is 0.333. The van der Waals surface area contributed by atoms with Gasteiger partial charge in [-0.25, -0.2) is 4.79 Å². The summed E-state index contributed by atoms with van der Waals surface area (Å²) in [6, 6.07) is 15.1. The second kappa shape index (κ2) is 9.69. The first-order chi connectivity index (χ1) is 14.5. The number of methoxy groups -OCH3 is 1. The molecule has 6 nitrogen and oxygen atoms in total. The molecule has 0 aliphatic heterocycles. The maximum atomic E-state index is 12.7. The molecule has 3 aromatic rings. The number of hydrogen-bond acceptors (Lipinski definition) is 6. The average Bonchev–Trinajstić information content (AvgIpc) is 2.75. The molecule has 1 unspecified atom stereocenters. The van der Waals surface area contributed by atoms with Crippen molar-refractivity contribution in [2.75, 3.05) is 27.4 Å². The molecule has 0 saturated heterocycles. The Bertz CT molecular complexity index is 1020. The maximum absolute atomic E-state index is 12.7. The zero-order chi connectivity index (χ0) is 21.7. The zero-order valence-electron chi connectivity index (χ0n) is 17.9. The van der Waals surface area contributed by atoms with E-state index in [0.717, 1.165) is 27.8 Å². The summed E-state index contributed by atoms with van der Waals surface area (Å²) in [5.74, 6) is 0.385. The molecule has 0 amide bonds. The van der Waals surface area contributed by atoms with E-state index in [2.05, 4.69) is 0 Å². The lowest BCUT2D eigenvalue weighted by Crippen LogP contribution is -2.28.